The van der Waals surface area contributed by atoms with Gasteiger partial charge in [-0.2, -0.15) is 0 Å². The Kier molecular flexibility index (Phi) is 3.27. The third-order valence-electron chi connectivity index (χ3n) is 3.27. The van der Waals surface area contributed by atoms with Gasteiger partial charge in [0.05, 0.1) is 0 Å². The third-order valence-corrected chi connectivity index (χ3v) is 4.55. The summed E-state index contributed by atoms with van der Waals surface area (Å²) in [6.45, 7) is 2.20. The van der Waals surface area contributed by atoms with Crippen LogP contribution in [-0.2, 0) is 6.42 Å². The van der Waals surface area contributed by atoms with Crippen molar-refractivity contribution in [2.75, 3.05) is 0 Å². The van der Waals surface area contributed by atoms with Crippen molar-refractivity contribution >= 4 is 15.9 Å². The van der Waals surface area contributed by atoms with Gasteiger partial charge in [0.2, 0.25) is 0 Å². The fourth-order valence-electron chi connectivity index (χ4n) is 1.94. The van der Waals surface area contributed by atoms with E-state index in [2.05, 4.69) is 47.1 Å². The van der Waals surface area contributed by atoms with E-state index >= 15 is 0 Å². The Morgan fingerprint density at radius 2 is 1.93 bits per heavy atom. The molecule has 1 aromatic carbocycles. The first-order valence-electron chi connectivity index (χ1n) is 5.54. The number of benzene rings is 1. The summed E-state index contributed by atoms with van der Waals surface area (Å²) in [5.74, 6) is 0.877. The predicted octanol–water partition coefficient (Wildman–Crippen LogP) is 4.49. The van der Waals surface area contributed by atoms with E-state index in [9.17, 15) is 0 Å². The molecule has 1 heteroatoms. The van der Waals surface area contributed by atoms with E-state index in [1.807, 2.05) is 0 Å². The highest BCUT2D eigenvalue weighted by Crippen LogP contribution is 2.42. The first-order valence-corrected chi connectivity index (χ1v) is 6.45. The van der Waals surface area contributed by atoms with Crippen LogP contribution in [0.5, 0.6) is 0 Å². The lowest BCUT2D eigenvalue weighted by atomic mass is 9.81. The van der Waals surface area contributed by atoms with E-state index in [1.54, 1.807) is 0 Å². The van der Waals surface area contributed by atoms with Crippen molar-refractivity contribution in [3.05, 3.63) is 35.4 Å². The number of rotatable bonds is 3. The van der Waals surface area contributed by atoms with Crippen LogP contribution in [0.1, 0.15) is 42.1 Å². The minimum absolute atomic E-state index is 0.585. The van der Waals surface area contributed by atoms with Crippen molar-refractivity contribution in [1.29, 1.82) is 0 Å². The van der Waals surface area contributed by atoms with Gasteiger partial charge in [-0.3, -0.25) is 0 Å². The summed E-state index contributed by atoms with van der Waals surface area (Å²) in [5.41, 5.74) is 2.88. The van der Waals surface area contributed by atoms with E-state index in [0.29, 0.717) is 4.83 Å². The molecule has 2 rings (SSSR count). The minimum atomic E-state index is 0.585. The molecule has 0 amide bonds. The van der Waals surface area contributed by atoms with E-state index < -0.39 is 0 Å². The molecule has 0 unspecified atom stereocenters. The molecular weight excluding hydrogens is 236 g/mol. The molecule has 1 atom stereocenters. The number of alkyl halides is 1. The third kappa shape index (κ3) is 2.03. The predicted molar refractivity (Wildman–Crippen MR) is 64.8 cm³/mol. The summed E-state index contributed by atoms with van der Waals surface area (Å²) in [6, 6.07) is 9.05. The summed E-state index contributed by atoms with van der Waals surface area (Å²) in [5, 5.41) is 0. The maximum atomic E-state index is 3.81. The number of hydrogen-bond donors (Lipinski definition) is 0. The van der Waals surface area contributed by atoms with Gasteiger partial charge < -0.3 is 0 Å². The molecular formula is C13H17Br. The Hall–Kier alpha value is -0.300. The second-order valence-electron chi connectivity index (χ2n) is 4.19. The molecule has 0 radical (unpaired) electrons. The second-order valence-corrected chi connectivity index (χ2v) is 5.17. The Morgan fingerprint density at radius 1 is 1.29 bits per heavy atom. The Labute approximate surface area is 94.8 Å². The van der Waals surface area contributed by atoms with Gasteiger partial charge in [-0.15, -0.1) is 0 Å². The largest absolute Gasteiger partial charge is 0.0836 e. The lowest BCUT2D eigenvalue weighted by molar-refractivity contribution is 0.312. The molecule has 1 aliphatic rings. The molecule has 0 N–H and O–H groups in total. The quantitative estimate of drug-likeness (QED) is 0.696. The van der Waals surface area contributed by atoms with Gasteiger partial charge in [0.25, 0.3) is 0 Å². The summed E-state index contributed by atoms with van der Waals surface area (Å²) in [6.07, 6.45) is 5.34. The molecule has 0 saturated heterocycles. The molecule has 14 heavy (non-hydrogen) atoms. The van der Waals surface area contributed by atoms with Gasteiger partial charge in [-0.1, -0.05) is 53.5 Å². The molecule has 0 spiro atoms. The van der Waals surface area contributed by atoms with Gasteiger partial charge in [0.1, 0.15) is 0 Å². The number of halogens is 1. The molecule has 1 saturated carbocycles. The highest BCUT2D eigenvalue weighted by molar-refractivity contribution is 9.09. The molecule has 0 bridgehead atoms. The van der Waals surface area contributed by atoms with Crippen molar-refractivity contribution in [1.82, 2.24) is 0 Å². The fourth-order valence-corrected chi connectivity index (χ4v) is 2.78. The Balaban J connectivity index is 2.07. The maximum Gasteiger partial charge on any atom is 0.0423 e. The average Bonchev–Trinajstić information content (AvgIpc) is 2.15. The number of aryl methyl sites for hydroxylation is 1. The monoisotopic (exact) mass is 252 g/mol. The van der Waals surface area contributed by atoms with Gasteiger partial charge in [-0.05, 0) is 36.3 Å². The summed E-state index contributed by atoms with van der Waals surface area (Å²) in [7, 11) is 0. The van der Waals surface area contributed by atoms with Crippen LogP contribution in [0.15, 0.2) is 24.3 Å². The zero-order valence-electron chi connectivity index (χ0n) is 8.67. The van der Waals surface area contributed by atoms with E-state index in [4.69, 9.17) is 0 Å². The van der Waals surface area contributed by atoms with E-state index in [0.717, 1.165) is 12.3 Å². The van der Waals surface area contributed by atoms with Crippen LogP contribution in [0.3, 0.4) is 0 Å². The zero-order valence-corrected chi connectivity index (χ0v) is 10.3. The van der Waals surface area contributed by atoms with Crippen LogP contribution in [0.25, 0.3) is 0 Å². The van der Waals surface area contributed by atoms with Crippen LogP contribution < -0.4 is 0 Å². The van der Waals surface area contributed by atoms with E-state index in [-0.39, 0.29) is 0 Å². The van der Waals surface area contributed by atoms with Crippen LogP contribution in [0, 0.1) is 5.92 Å². The average molecular weight is 253 g/mol. The molecule has 1 aromatic rings. The molecule has 0 nitrogen and oxygen atoms in total. The Morgan fingerprint density at radius 3 is 2.36 bits per heavy atom. The minimum Gasteiger partial charge on any atom is -0.0836 e. The molecule has 0 aromatic heterocycles. The zero-order chi connectivity index (χ0) is 9.97. The molecule has 0 heterocycles. The molecule has 76 valence electrons. The fraction of sp³-hybridized carbons (Fsp3) is 0.538. The van der Waals surface area contributed by atoms with Gasteiger partial charge >= 0.3 is 0 Å². The summed E-state index contributed by atoms with van der Waals surface area (Å²) in [4.78, 5) is 0.585. The molecule has 0 aliphatic heterocycles. The van der Waals surface area contributed by atoms with Gasteiger partial charge in [-0.25, -0.2) is 0 Å². The lowest BCUT2D eigenvalue weighted by Crippen LogP contribution is -2.16. The van der Waals surface area contributed by atoms with Gasteiger partial charge in [0, 0.05) is 4.83 Å². The highest BCUT2D eigenvalue weighted by Gasteiger charge is 2.26. The van der Waals surface area contributed by atoms with E-state index in [1.165, 1.54) is 30.4 Å². The van der Waals surface area contributed by atoms with Crippen molar-refractivity contribution < 1.29 is 0 Å². The van der Waals surface area contributed by atoms with Crippen molar-refractivity contribution in [2.45, 2.75) is 37.4 Å². The summed E-state index contributed by atoms with van der Waals surface area (Å²) >= 11 is 3.81. The SMILES string of the molecule is CCc1ccc([C@H](Br)C2CCC2)cc1. The molecule has 1 fully saturated rings. The first kappa shape index (κ1) is 10.2. The van der Waals surface area contributed by atoms with Crippen LogP contribution in [-0.4, -0.2) is 0 Å². The molecule has 1 aliphatic carbocycles. The highest BCUT2D eigenvalue weighted by atomic mass is 79.9. The van der Waals surface area contributed by atoms with Crippen molar-refractivity contribution in [3.63, 3.8) is 0 Å². The topological polar surface area (TPSA) is 0 Å². The smallest absolute Gasteiger partial charge is 0.0423 e. The number of hydrogen-bond acceptors (Lipinski definition) is 0. The normalized spacial score (nSPS) is 19.0. The summed E-state index contributed by atoms with van der Waals surface area (Å²) < 4.78 is 0. The van der Waals surface area contributed by atoms with Crippen molar-refractivity contribution in [3.8, 4) is 0 Å². The second kappa shape index (κ2) is 4.48. The van der Waals surface area contributed by atoms with Crippen LogP contribution in [0.2, 0.25) is 0 Å². The lowest BCUT2D eigenvalue weighted by Gasteiger charge is -2.30. The maximum absolute atomic E-state index is 3.81. The van der Waals surface area contributed by atoms with Crippen LogP contribution in [0.4, 0.5) is 0 Å². The van der Waals surface area contributed by atoms with Crippen molar-refractivity contribution in [2.24, 2.45) is 5.92 Å². The van der Waals surface area contributed by atoms with Gasteiger partial charge in [0.15, 0.2) is 0 Å². The first-order chi connectivity index (χ1) is 6.81. The van der Waals surface area contributed by atoms with Crippen LogP contribution >= 0.6 is 15.9 Å². The Bertz CT molecular complexity index is 285. The standard InChI is InChI=1S/C13H17Br/c1-2-10-6-8-12(9-7-10)13(14)11-4-3-5-11/h6-9,11,13H,2-5H2,1H3/t13-/m1/s1.